The van der Waals surface area contributed by atoms with Crippen molar-refractivity contribution in [3.05, 3.63) is 58.2 Å². The van der Waals surface area contributed by atoms with Crippen LogP contribution in [0.1, 0.15) is 75.8 Å². The molecule has 0 radical (unpaired) electrons. The molecule has 1 amide bonds. The smallest absolute Gasteiger partial charge is 0.383 e. The number of carbonyl (C=O) groups is 2. The second-order valence-electron chi connectivity index (χ2n) is 13.5. The Morgan fingerprint density at radius 1 is 1.00 bits per heavy atom. The highest BCUT2D eigenvalue weighted by atomic mass is 19.4. The number of allylic oxidation sites excluding steroid dienone is 4. The topological polar surface area (TPSA) is 60.9 Å². The summed E-state index contributed by atoms with van der Waals surface area (Å²) in [7, 11) is 0. The van der Waals surface area contributed by atoms with Gasteiger partial charge in [-0.2, -0.15) is 22.0 Å². The van der Waals surface area contributed by atoms with Crippen LogP contribution >= 0.6 is 0 Å². The summed E-state index contributed by atoms with van der Waals surface area (Å²) in [6, 6.07) is 7.86. The van der Waals surface area contributed by atoms with E-state index in [0.717, 1.165) is 40.9 Å². The molecular formula is C33H39F5N2O3. The number of fused-ring (bicyclic) bond motifs is 4. The molecule has 4 aliphatic carbocycles. The minimum absolute atomic E-state index is 0.0251. The van der Waals surface area contributed by atoms with Crippen LogP contribution in [0.5, 0.6) is 0 Å². The van der Waals surface area contributed by atoms with Crippen LogP contribution < -0.4 is 0 Å². The molecular weight excluding hydrogens is 567 g/mol. The lowest BCUT2D eigenvalue weighted by Gasteiger charge is -2.56. The first-order valence-corrected chi connectivity index (χ1v) is 15.4. The van der Waals surface area contributed by atoms with Crippen LogP contribution in [0.25, 0.3) is 0 Å². The number of rotatable bonds is 4. The van der Waals surface area contributed by atoms with Gasteiger partial charge in [0.05, 0.1) is 0 Å². The zero-order valence-corrected chi connectivity index (χ0v) is 24.7. The molecule has 1 aromatic carbocycles. The highest BCUT2D eigenvalue weighted by Gasteiger charge is 2.79. The number of amides is 1. The van der Waals surface area contributed by atoms with Crippen LogP contribution in [0.3, 0.4) is 0 Å². The fourth-order valence-electron chi connectivity index (χ4n) is 9.05. The Bertz CT molecular complexity index is 1360. The SMILES string of the molecule is CC(=O)N1CCN(Cc2ccc([C@H]3CC4(C)C(CC[C@@]4(O)C(F)(F)C(F)(F)F)C4CCC5=CC(=O)CCC5=C43)cc2)CC1. The summed E-state index contributed by atoms with van der Waals surface area (Å²) in [6.07, 6.45) is -2.67. The number of hydrogen-bond donors (Lipinski definition) is 1. The summed E-state index contributed by atoms with van der Waals surface area (Å²) in [5, 5.41) is 11.4. The van der Waals surface area contributed by atoms with Gasteiger partial charge in [0.15, 0.2) is 5.78 Å². The van der Waals surface area contributed by atoms with E-state index in [-0.39, 0.29) is 30.4 Å². The van der Waals surface area contributed by atoms with E-state index >= 15 is 8.78 Å². The Balaban J connectivity index is 1.36. The molecule has 3 fully saturated rings. The molecule has 0 spiro atoms. The van der Waals surface area contributed by atoms with Gasteiger partial charge in [-0.15, -0.1) is 0 Å². The third-order valence-corrected chi connectivity index (χ3v) is 11.4. The second-order valence-corrected chi connectivity index (χ2v) is 13.5. The summed E-state index contributed by atoms with van der Waals surface area (Å²) >= 11 is 0. The number of hydrogen-bond acceptors (Lipinski definition) is 4. The maximum atomic E-state index is 15.2. The fourth-order valence-corrected chi connectivity index (χ4v) is 9.05. The minimum Gasteiger partial charge on any atom is -0.383 e. The van der Waals surface area contributed by atoms with Crippen LogP contribution in [-0.2, 0) is 16.1 Å². The van der Waals surface area contributed by atoms with E-state index in [1.165, 1.54) is 6.92 Å². The molecule has 1 aliphatic heterocycles. The molecule has 6 rings (SSSR count). The number of benzene rings is 1. The molecule has 43 heavy (non-hydrogen) atoms. The molecule has 1 N–H and O–H groups in total. The van der Waals surface area contributed by atoms with Crippen molar-refractivity contribution < 1.29 is 36.6 Å². The fraction of sp³-hybridized carbons (Fsp3) is 0.636. The normalized spacial score (nSPS) is 33.6. The lowest BCUT2D eigenvalue weighted by molar-refractivity contribution is -0.362. The molecule has 1 saturated heterocycles. The van der Waals surface area contributed by atoms with Crippen molar-refractivity contribution in [1.29, 1.82) is 0 Å². The average molecular weight is 607 g/mol. The van der Waals surface area contributed by atoms with Gasteiger partial charge in [0.25, 0.3) is 0 Å². The van der Waals surface area contributed by atoms with Gasteiger partial charge in [0.1, 0.15) is 5.60 Å². The first-order chi connectivity index (χ1) is 20.2. The zero-order valence-electron chi connectivity index (χ0n) is 24.7. The molecule has 234 valence electrons. The second kappa shape index (κ2) is 10.5. The Morgan fingerprint density at radius 3 is 2.30 bits per heavy atom. The Kier molecular flexibility index (Phi) is 7.43. The van der Waals surface area contributed by atoms with Crippen molar-refractivity contribution in [2.75, 3.05) is 26.2 Å². The number of alkyl halides is 5. The van der Waals surface area contributed by atoms with Crippen molar-refractivity contribution in [1.82, 2.24) is 9.80 Å². The van der Waals surface area contributed by atoms with Gasteiger partial charge < -0.3 is 10.0 Å². The highest BCUT2D eigenvalue weighted by molar-refractivity contribution is 5.93. The largest absolute Gasteiger partial charge is 0.456 e. The average Bonchev–Trinajstić information content (AvgIpc) is 3.24. The van der Waals surface area contributed by atoms with Crippen LogP contribution in [-0.4, -0.2) is 70.5 Å². The van der Waals surface area contributed by atoms with Crippen molar-refractivity contribution in [2.24, 2.45) is 17.3 Å². The lowest BCUT2D eigenvalue weighted by Crippen LogP contribution is -2.65. The predicted octanol–water partition coefficient (Wildman–Crippen LogP) is 6.18. The summed E-state index contributed by atoms with van der Waals surface area (Å²) in [6.45, 7) is 6.52. The number of carbonyl (C=O) groups excluding carboxylic acids is 2. The molecule has 1 heterocycles. The first-order valence-electron chi connectivity index (χ1n) is 15.4. The molecule has 2 saturated carbocycles. The molecule has 0 aromatic heterocycles. The minimum atomic E-state index is -5.86. The van der Waals surface area contributed by atoms with E-state index in [4.69, 9.17) is 0 Å². The van der Waals surface area contributed by atoms with Gasteiger partial charge in [-0.1, -0.05) is 36.8 Å². The van der Waals surface area contributed by atoms with E-state index in [1.807, 2.05) is 29.2 Å². The summed E-state index contributed by atoms with van der Waals surface area (Å²) in [5.41, 5.74) is 0.104. The third-order valence-electron chi connectivity index (χ3n) is 11.4. The highest BCUT2D eigenvalue weighted by Crippen LogP contribution is 2.70. The first kappa shape index (κ1) is 30.4. The Labute approximate surface area is 248 Å². The van der Waals surface area contributed by atoms with Gasteiger partial charge >= 0.3 is 12.1 Å². The maximum absolute atomic E-state index is 15.2. The van der Waals surface area contributed by atoms with E-state index in [2.05, 4.69) is 4.90 Å². The van der Waals surface area contributed by atoms with Crippen LogP contribution in [0.15, 0.2) is 47.1 Å². The number of halogens is 5. The molecule has 0 bridgehead atoms. The molecule has 5 aliphatic rings. The lowest BCUT2D eigenvalue weighted by atomic mass is 9.50. The molecule has 1 aromatic rings. The number of ketones is 1. The number of nitrogens with zero attached hydrogens (tertiary/aromatic N) is 2. The summed E-state index contributed by atoms with van der Waals surface area (Å²) in [5.74, 6) is -6.32. The van der Waals surface area contributed by atoms with E-state index in [0.29, 0.717) is 45.3 Å². The van der Waals surface area contributed by atoms with E-state index < -0.39 is 41.4 Å². The monoisotopic (exact) mass is 606 g/mol. The van der Waals surface area contributed by atoms with Crippen LogP contribution in [0.4, 0.5) is 22.0 Å². The van der Waals surface area contributed by atoms with Crippen molar-refractivity contribution in [3.8, 4) is 0 Å². The van der Waals surface area contributed by atoms with Crippen LogP contribution in [0.2, 0.25) is 0 Å². The van der Waals surface area contributed by atoms with Crippen molar-refractivity contribution in [3.63, 3.8) is 0 Å². The van der Waals surface area contributed by atoms with E-state index in [1.54, 1.807) is 13.0 Å². The molecule has 5 nitrogen and oxygen atoms in total. The van der Waals surface area contributed by atoms with Gasteiger partial charge in [-0.3, -0.25) is 14.5 Å². The maximum Gasteiger partial charge on any atom is 0.456 e. The predicted molar refractivity (Wildman–Crippen MR) is 150 cm³/mol. The number of piperazine rings is 1. The van der Waals surface area contributed by atoms with Gasteiger partial charge in [-0.25, -0.2) is 0 Å². The number of aliphatic hydroxyl groups is 1. The van der Waals surface area contributed by atoms with E-state index in [9.17, 15) is 27.9 Å². The summed E-state index contributed by atoms with van der Waals surface area (Å²) in [4.78, 5) is 28.0. The summed E-state index contributed by atoms with van der Waals surface area (Å²) < 4.78 is 71.7. The van der Waals surface area contributed by atoms with Crippen molar-refractivity contribution in [2.45, 2.75) is 89.0 Å². The molecule has 3 unspecified atom stereocenters. The Hall–Kier alpha value is -2.59. The Morgan fingerprint density at radius 2 is 1.67 bits per heavy atom. The van der Waals surface area contributed by atoms with Gasteiger partial charge in [0, 0.05) is 57.4 Å². The zero-order chi connectivity index (χ0) is 30.9. The van der Waals surface area contributed by atoms with Gasteiger partial charge in [0.2, 0.25) is 5.91 Å². The van der Waals surface area contributed by atoms with Gasteiger partial charge in [-0.05, 0) is 78.7 Å². The molecule has 5 atom stereocenters. The van der Waals surface area contributed by atoms with Crippen molar-refractivity contribution >= 4 is 11.7 Å². The third kappa shape index (κ3) is 4.78. The van der Waals surface area contributed by atoms with Crippen LogP contribution in [0, 0.1) is 17.3 Å². The standard InChI is InChI=1S/C33H39F5N2O3/c1-20(41)40-15-13-39(14-16-40)19-21-3-5-22(6-4-21)27-18-30(2)28(11-12-31(30,43)32(34,35)33(36,37)38)26-9-7-23-17-24(42)8-10-25(23)29(26)27/h3-6,17,26-28,43H,7-16,18-19H2,1-2H3/t26?,27-,28?,30?,31+/m1/s1. The molecule has 10 heteroatoms. The quantitative estimate of drug-likeness (QED) is 0.416.